The Morgan fingerprint density at radius 2 is 1.36 bits per heavy atom. The van der Waals surface area contributed by atoms with Gasteiger partial charge < -0.3 is 39.4 Å². The molecule has 1 aliphatic heterocycles. The van der Waals surface area contributed by atoms with E-state index in [0.29, 0.717) is 13.0 Å². The smallest absolute Gasteiger partial charge is 0.305 e. The summed E-state index contributed by atoms with van der Waals surface area (Å²) in [4.78, 5) is 11.8. The lowest BCUT2D eigenvalue weighted by molar-refractivity contribution is -0.305. The molecule has 0 aromatic heterocycles. The fraction of sp³-hybridized carbons (Fsp3) is 0.633. The van der Waals surface area contributed by atoms with Gasteiger partial charge in [0.2, 0.25) is 0 Å². The minimum absolute atomic E-state index is 0.0773. The standard InChI is InChI=1S/C30H48O9/c1-3-5-6-7-8-9-10-11-12-13-14-15-16-17-18-19-20-36-22-24(38-26(32)4-2)23-37-30-29(35)28(34)27(33)25(21-31)39-30/h5-6,8-9,11-12,14-15,17-18,24-25,27-31,33-35H,3-4,7,10,13,16,19-23H2,1-2H3/b6-5-,9-8-,12-11-,15-14-,18-17-. The molecule has 1 heterocycles. The van der Waals surface area contributed by atoms with Crippen LogP contribution in [0.4, 0.5) is 0 Å². The van der Waals surface area contributed by atoms with Crippen molar-refractivity contribution in [2.75, 3.05) is 26.4 Å². The molecule has 0 saturated carbocycles. The summed E-state index contributed by atoms with van der Waals surface area (Å²) >= 11 is 0. The Labute approximate surface area is 233 Å². The first-order valence-electron chi connectivity index (χ1n) is 13.9. The van der Waals surface area contributed by atoms with E-state index in [9.17, 15) is 25.2 Å². The molecular formula is C30H48O9. The highest BCUT2D eigenvalue weighted by Gasteiger charge is 2.44. The third kappa shape index (κ3) is 15.9. The van der Waals surface area contributed by atoms with E-state index in [0.717, 1.165) is 32.1 Å². The summed E-state index contributed by atoms with van der Waals surface area (Å²) in [6, 6.07) is 0. The van der Waals surface area contributed by atoms with Crippen LogP contribution in [0.25, 0.3) is 0 Å². The van der Waals surface area contributed by atoms with Crippen LogP contribution in [-0.4, -0.2) is 89.6 Å². The molecule has 39 heavy (non-hydrogen) atoms. The highest BCUT2D eigenvalue weighted by atomic mass is 16.7. The monoisotopic (exact) mass is 552 g/mol. The highest BCUT2D eigenvalue weighted by molar-refractivity contribution is 5.69. The molecule has 0 spiro atoms. The number of aliphatic hydroxyl groups excluding tert-OH is 4. The molecular weight excluding hydrogens is 504 g/mol. The summed E-state index contributed by atoms with van der Waals surface area (Å²) in [7, 11) is 0. The van der Waals surface area contributed by atoms with Crippen molar-refractivity contribution in [1.29, 1.82) is 0 Å². The lowest BCUT2D eigenvalue weighted by atomic mass is 9.99. The van der Waals surface area contributed by atoms with Crippen LogP contribution in [0.2, 0.25) is 0 Å². The maximum atomic E-state index is 11.8. The molecule has 0 aliphatic carbocycles. The number of hydrogen-bond acceptors (Lipinski definition) is 9. The van der Waals surface area contributed by atoms with Gasteiger partial charge in [0, 0.05) is 6.42 Å². The number of carbonyl (C=O) groups is 1. The molecule has 1 fully saturated rings. The number of aliphatic hydroxyl groups is 4. The molecule has 0 aromatic carbocycles. The molecule has 0 bridgehead atoms. The normalized spacial score (nSPS) is 25.1. The molecule has 1 aliphatic rings. The molecule has 9 heteroatoms. The first-order valence-corrected chi connectivity index (χ1v) is 13.9. The summed E-state index contributed by atoms with van der Waals surface area (Å²) in [5.74, 6) is -0.432. The Hall–Kier alpha value is -2.11. The van der Waals surface area contributed by atoms with Crippen molar-refractivity contribution >= 4 is 5.97 Å². The van der Waals surface area contributed by atoms with Crippen LogP contribution >= 0.6 is 0 Å². The lowest BCUT2D eigenvalue weighted by Gasteiger charge is -2.39. The van der Waals surface area contributed by atoms with Crippen molar-refractivity contribution in [3.63, 3.8) is 0 Å². The van der Waals surface area contributed by atoms with E-state index in [1.165, 1.54) is 0 Å². The van der Waals surface area contributed by atoms with Crippen LogP contribution in [-0.2, 0) is 23.7 Å². The van der Waals surface area contributed by atoms with E-state index in [4.69, 9.17) is 18.9 Å². The zero-order valence-electron chi connectivity index (χ0n) is 23.3. The van der Waals surface area contributed by atoms with Crippen molar-refractivity contribution in [1.82, 2.24) is 0 Å². The molecule has 6 unspecified atom stereocenters. The van der Waals surface area contributed by atoms with Crippen LogP contribution < -0.4 is 0 Å². The van der Waals surface area contributed by atoms with Gasteiger partial charge in [-0.3, -0.25) is 4.79 Å². The Morgan fingerprint density at radius 3 is 1.90 bits per heavy atom. The predicted octanol–water partition coefficient (Wildman–Crippen LogP) is 3.28. The molecule has 9 nitrogen and oxygen atoms in total. The van der Waals surface area contributed by atoms with Crippen LogP contribution in [0.1, 0.15) is 58.8 Å². The van der Waals surface area contributed by atoms with Gasteiger partial charge in [0.05, 0.1) is 26.4 Å². The third-order valence-electron chi connectivity index (χ3n) is 5.77. The van der Waals surface area contributed by atoms with E-state index < -0.39 is 49.4 Å². The minimum atomic E-state index is -1.54. The minimum Gasteiger partial charge on any atom is -0.457 e. The Kier molecular flexibility index (Phi) is 20.3. The lowest BCUT2D eigenvalue weighted by Crippen LogP contribution is -2.59. The van der Waals surface area contributed by atoms with Gasteiger partial charge in [0.25, 0.3) is 0 Å². The van der Waals surface area contributed by atoms with E-state index in [-0.39, 0.29) is 19.6 Å². The largest absolute Gasteiger partial charge is 0.457 e. The first kappa shape index (κ1) is 34.9. The van der Waals surface area contributed by atoms with Gasteiger partial charge in [-0.15, -0.1) is 0 Å². The maximum absolute atomic E-state index is 11.8. The second-order valence-electron chi connectivity index (χ2n) is 9.07. The van der Waals surface area contributed by atoms with Crippen LogP contribution in [0.5, 0.6) is 0 Å². The predicted molar refractivity (Wildman–Crippen MR) is 150 cm³/mol. The average molecular weight is 553 g/mol. The molecule has 0 aromatic rings. The SMILES string of the molecule is CC/C=C\C/C=C\C/C=C\C/C=C\C/C=C\CCOCC(COC1OC(CO)C(O)C(O)C1O)OC(=O)CC. The van der Waals surface area contributed by atoms with Gasteiger partial charge in [0.1, 0.15) is 30.5 Å². The number of allylic oxidation sites excluding steroid dienone is 9. The summed E-state index contributed by atoms with van der Waals surface area (Å²) in [6.07, 6.45) is 19.3. The quantitative estimate of drug-likeness (QED) is 0.102. The van der Waals surface area contributed by atoms with Gasteiger partial charge in [-0.2, -0.15) is 0 Å². The van der Waals surface area contributed by atoms with E-state index in [2.05, 4.69) is 61.6 Å². The maximum Gasteiger partial charge on any atom is 0.305 e. The summed E-state index contributed by atoms with van der Waals surface area (Å²) in [5, 5.41) is 39.2. The molecule has 1 saturated heterocycles. The van der Waals surface area contributed by atoms with Gasteiger partial charge in [-0.1, -0.05) is 74.6 Å². The summed E-state index contributed by atoms with van der Waals surface area (Å²) in [5.41, 5.74) is 0. The van der Waals surface area contributed by atoms with E-state index in [1.54, 1.807) is 6.92 Å². The Bertz CT molecular complexity index is 772. The zero-order chi connectivity index (χ0) is 28.7. The van der Waals surface area contributed by atoms with E-state index >= 15 is 0 Å². The van der Waals surface area contributed by atoms with Crippen LogP contribution in [0.3, 0.4) is 0 Å². The van der Waals surface area contributed by atoms with Crippen molar-refractivity contribution in [2.24, 2.45) is 0 Å². The molecule has 4 N–H and O–H groups in total. The fourth-order valence-electron chi connectivity index (χ4n) is 3.53. The number of ether oxygens (including phenoxy) is 4. The summed E-state index contributed by atoms with van der Waals surface area (Å²) < 4.78 is 21.8. The summed E-state index contributed by atoms with van der Waals surface area (Å²) in [6.45, 7) is 3.58. The van der Waals surface area contributed by atoms with Gasteiger partial charge in [0.15, 0.2) is 6.29 Å². The van der Waals surface area contributed by atoms with E-state index in [1.807, 2.05) is 6.08 Å². The van der Waals surface area contributed by atoms with Crippen LogP contribution in [0.15, 0.2) is 60.8 Å². The number of hydrogen-bond donors (Lipinski definition) is 4. The van der Waals surface area contributed by atoms with Gasteiger partial charge >= 0.3 is 5.97 Å². The third-order valence-corrected chi connectivity index (χ3v) is 5.77. The van der Waals surface area contributed by atoms with Gasteiger partial charge in [-0.25, -0.2) is 0 Å². The second-order valence-corrected chi connectivity index (χ2v) is 9.07. The average Bonchev–Trinajstić information content (AvgIpc) is 2.94. The number of carbonyl (C=O) groups excluding carboxylic acids is 1. The van der Waals surface area contributed by atoms with Crippen molar-refractivity contribution < 1.29 is 44.2 Å². The molecule has 6 atom stereocenters. The number of rotatable bonds is 20. The molecule has 0 amide bonds. The zero-order valence-corrected chi connectivity index (χ0v) is 23.3. The fourth-order valence-corrected chi connectivity index (χ4v) is 3.53. The Balaban J connectivity index is 2.27. The second kappa shape index (κ2) is 22.7. The molecule has 1 rings (SSSR count). The topological polar surface area (TPSA) is 135 Å². The highest BCUT2D eigenvalue weighted by Crippen LogP contribution is 2.22. The van der Waals surface area contributed by atoms with Crippen molar-refractivity contribution in [2.45, 2.75) is 95.6 Å². The van der Waals surface area contributed by atoms with Crippen molar-refractivity contribution in [3.8, 4) is 0 Å². The van der Waals surface area contributed by atoms with Gasteiger partial charge in [-0.05, 0) is 38.5 Å². The molecule has 0 radical (unpaired) electrons. The molecule has 222 valence electrons. The number of esters is 1. The van der Waals surface area contributed by atoms with Crippen molar-refractivity contribution in [3.05, 3.63) is 60.8 Å². The van der Waals surface area contributed by atoms with Crippen LogP contribution in [0, 0.1) is 0 Å². The Morgan fingerprint density at radius 1 is 0.795 bits per heavy atom. The first-order chi connectivity index (χ1) is 18.9.